The van der Waals surface area contributed by atoms with E-state index in [1.807, 2.05) is 0 Å². The minimum Gasteiger partial charge on any atom is -0.436 e. The molecule has 4 rings (SSSR count). The maximum atomic E-state index is 13.0. The van der Waals surface area contributed by atoms with Gasteiger partial charge in [0.1, 0.15) is 17.3 Å². The zero-order valence-electron chi connectivity index (χ0n) is 16.0. The van der Waals surface area contributed by atoms with Crippen LogP contribution in [-0.4, -0.2) is 31.0 Å². The SMILES string of the molecule is O=C(CCS(=O)(=O)c1ccc(F)cc1)Nc1ccc2c(c1)C(=O)Nc1cccnc1O2. The lowest BCUT2D eigenvalue weighted by atomic mass is 10.1. The molecule has 158 valence electrons. The van der Waals surface area contributed by atoms with Gasteiger partial charge in [0.05, 0.1) is 16.2 Å². The predicted octanol–water partition coefficient (Wildman–Crippen LogP) is 3.38. The fraction of sp³-hybridized carbons (Fsp3) is 0.0952. The van der Waals surface area contributed by atoms with Crippen molar-refractivity contribution >= 4 is 33.0 Å². The molecule has 1 aliphatic rings. The molecule has 2 heterocycles. The zero-order valence-corrected chi connectivity index (χ0v) is 16.8. The van der Waals surface area contributed by atoms with E-state index in [1.165, 1.54) is 24.4 Å². The number of amides is 2. The quantitative estimate of drug-likeness (QED) is 0.587. The van der Waals surface area contributed by atoms with E-state index in [-0.39, 0.29) is 28.5 Å². The summed E-state index contributed by atoms with van der Waals surface area (Å²) < 4.78 is 43.3. The highest BCUT2D eigenvalue weighted by Gasteiger charge is 2.22. The Bertz CT molecular complexity index is 1280. The van der Waals surface area contributed by atoms with Crippen molar-refractivity contribution in [1.29, 1.82) is 0 Å². The first-order valence-electron chi connectivity index (χ1n) is 9.18. The molecular formula is C21H16FN3O5S. The number of benzene rings is 2. The first-order valence-corrected chi connectivity index (χ1v) is 10.8. The number of carbonyl (C=O) groups excluding carboxylic acids is 2. The first-order chi connectivity index (χ1) is 14.8. The van der Waals surface area contributed by atoms with Gasteiger partial charge in [-0.2, -0.15) is 0 Å². The summed E-state index contributed by atoms with van der Waals surface area (Å²) >= 11 is 0. The Morgan fingerprint density at radius 3 is 2.68 bits per heavy atom. The molecule has 0 bridgehead atoms. The van der Waals surface area contributed by atoms with Crippen LogP contribution in [0.15, 0.2) is 65.7 Å². The van der Waals surface area contributed by atoms with Gasteiger partial charge in [0.15, 0.2) is 9.84 Å². The number of carbonyl (C=O) groups is 2. The van der Waals surface area contributed by atoms with Crippen molar-refractivity contribution in [3.05, 3.63) is 72.2 Å². The van der Waals surface area contributed by atoms with Gasteiger partial charge in [-0.1, -0.05) is 0 Å². The number of nitrogens with zero attached hydrogens (tertiary/aromatic N) is 1. The Morgan fingerprint density at radius 2 is 1.90 bits per heavy atom. The number of hydrogen-bond acceptors (Lipinski definition) is 6. The van der Waals surface area contributed by atoms with Crippen LogP contribution in [0.5, 0.6) is 11.6 Å². The Hall–Kier alpha value is -3.79. The number of rotatable bonds is 5. The molecule has 0 saturated heterocycles. The van der Waals surface area contributed by atoms with E-state index in [0.29, 0.717) is 11.4 Å². The highest BCUT2D eigenvalue weighted by Crippen LogP contribution is 2.34. The standard InChI is InChI=1S/C21H16FN3O5S/c22-13-3-6-15(7-4-13)31(28,29)11-9-19(26)24-14-5-8-18-16(12-14)20(27)25-17-2-1-10-23-21(17)30-18/h1-8,10,12H,9,11H2,(H,24,26)(H,25,27). The van der Waals surface area contributed by atoms with Gasteiger partial charge in [-0.25, -0.2) is 17.8 Å². The molecule has 10 heteroatoms. The molecule has 2 N–H and O–H groups in total. The molecule has 31 heavy (non-hydrogen) atoms. The van der Waals surface area contributed by atoms with Crippen molar-refractivity contribution in [1.82, 2.24) is 4.98 Å². The normalized spacial score (nSPS) is 12.6. The number of pyridine rings is 1. The average molecular weight is 441 g/mol. The smallest absolute Gasteiger partial charge is 0.259 e. The minimum absolute atomic E-state index is 0.0614. The zero-order chi connectivity index (χ0) is 22.0. The van der Waals surface area contributed by atoms with Crippen LogP contribution >= 0.6 is 0 Å². The van der Waals surface area contributed by atoms with Gasteiger partial charge in [0, 0.05) is 18.3 Å². The molecule has 3 aromatic rings. The average Bonchev–Trinajstić information content (AvgIpc) is 2.88. The molecule has 0 spiro atoms. The molecule has 0 unspecified atom stereocenters. The Morgan fingerprint density at radius 1 is 1.13 bits per heavy atom. The second-order valence-electron chi connectivity index (χ2n) is 6.69. The summed E-state index contributed by atoms with van der Waals surface area (Å²) in [6.45, 7) is 0. The van der Waals surface area contributed by atoms with E-state index in [0.717, 1.165) is 24.3 Å². The lowest BCUT2D eigenvalue weighted by molar-refractivity contribution is -0.115. The van der Waals surface area contributed by atoms with Crippen molar-refractivity contribution in [2.45, 2.75) is 11.3 Å². The summed E-state index contributed by atoms with van der Waals surface area (Å²) in [5, 5.41) is 5.25. The molecular weight excluding hydrogens is 425 g/mol. The van der Waals surface area contributed by atoms with Crippen molar-refractivity contribution in [2.24, 2.45) is 0 Å². The third-order valence-electron chi connectivity index (χ3n) is 4.50. The summed E-state index contributed by atoms with van der Waals surface area (Å²) in [7, 11) is -3.74. The van der Waals surface area contributed by atoms with E-state index in [2.05, 4.69) is 15.6 Å². The number of aromatic nitrogens is 1. The molecule has 0 atom stereocenters. The number of hydrogen-bond donors (Lipinski definition) is 2. The van der Waals surface area contributed by atoms with Crippen LogP contribution in [0.3, 0.4) is 0 Å². The topological polar surface area (TPSA) is 114 Å². The van der Waals surface area contributed by atoms with Gasteiger partial charge in [0.25, 0.3) is 5.91 Å². The van der Waals surface area contributed by atoms with Gasteiger partial charge < -0.3 is 15.4 Å². The first kappa shape index (κ1) is 20.5. The van der Waals surface area contributed by atoms with Crippen LogP contribution < -0.4 is 15.4 Å². The Kier molecular flexibility index (Phi) is 5.38. The molecule has 2 amide bonds. The Balaban J connectivity index is 1.44. The van der Waals surface area contributed by atoms with Crippen LogP contribution in [-0.2, 0) is 14.6 Å². The molecule has 8 nitrogen and oxygen atoms in total. The van der Waals surface area contributed by atoms with E-state index < -0.39 is 33.2 Å². The molecule has 0 radical (unpaired) electrons. The second-order valence-corrected chi connectivity index (χ2v) is 8.80. The Labute approximate surface area is 177 Å². The fourth-order valence-corrected chi connectivity index (χ4v) is 4.19. The highest BCUT2D eigenvalue weighted by molar-refractivity contribution is 7.91. The van der Waals surface area contributed by atoms with Gasteiger partial charge >= 0.3 is 0 Å². The van der Waals surface area contributed by atoms with Crippen LogP contribution in [0, 0.1) is 5.82 Å². The van der Waals surface area contributed by atoms with Crippen LogP contribution in [0.4, 0.5) is 15.8 Å². The summed E-state index contributed by atoms with van der Waals surface area (Å²) in [5.41, 5.74) is 0.913. The number of ether oxygens (including phenoxy) is 1. The summed E-state index contributed by atoms with van der Waals surface area (Å²) in [6.07, 6.45) is 1.22. The molecule has 1 aromatic heterocycles. The number of nitrogens with one attached hydrogen (secondary N) is 2. The molecule has 1 aliphatic heterocycles. The lowest BCUT2D eigenvalue weighted by Crippen LogP contribution is -2.18. The molecule has 0 fully saturated rings. The summed E-state index contributed by atoms with van der Waals surface area (Å²) in [4.78, 5) is 28.8. The number of anilines is 2. The fourth-order valence-electron chi connectivity index (χ4n) is 2.95. The maximum absolute atomic E-state index is 13.0. The summed E-state index contributed by atoms with van der Waals surface area (Å²) in [6, 6.07) is 12.2. The summed E-state index contributed by atoms with van der Waals surface area (Å²) in [5.74, 6) is -1.46. The van der Waals surface area contributed by atoms with Gasteiger partial charge in [0.2, 0.25) is 11.8 Å². The molecule has 0 saturated carbocycles. The largest absolute Gasteiger partial charge is 0.436 e. The molecule has 2 aromatic carbocycles. The minimum atomic E-state index is -3.74. The predicted molar refractivity (Wildman–Crippen MR) is 110 cm³/mol. The van der Waals surface area contributed by atoms with Gasteiger partial charge in [-0.3, -0.25) is 9.59 Å². The van der Waals surface area contributed by atoms with E-state index in [9.17, 15) is 22.4 Å². The van der Waals surface area contributed by atoms with Crippen LogP contribution in [0.2, 0.25) is 0 Å². The second kappa shape index (κ2) is 8.15. The van der Waals surface area contributed by atoms with Crippen molar-refractivity contribution in [3.8, 4) is 11.6 Å². The number of fused-ring (bicyclic) bond motifs is 2. The highest BCUT2D eigenvalue weighted by atomic mass is 32.2. The van der Waals surface area contributed by atoms with Crippen LogP contribution in [0.25, 0.3) is 0 Å². The van der Waals surface area contributed by atoms with E-state index in [4.69, 9.17) is 4.74 Å². The lowest BCUT2D eigenvalue weighted by Gasteiger charge is -2.10. The van der Waals surface area contributed by atoms with E-state index >= 15 is 0 Å². The van der Waals surface area contributed by atoms with Crippen molar-refractivity contribution < 1.29 is 27.1 Å². The number of sulfone groups is 1. The maximum Gasteiger partial charge on any atom is 0.259 e. The third-order valence-corrected chi connectivity index (χ3v) is 6.24. The number of halogens is 1. The van der Waals surface area contributed by atoms with Crippen molar-refractivity contribution in [3.63, 3.8) is 0 Å². The third kappa shape index (κ3) is 4.53. The van der Waals surface area contributed by atoms with E-state index in [1.54, 1.807) is 12.1 Å². The van der Waals surface area contributed by atoms with Crippen molar-refractivity contribution in [2.75, 3.05) is 16.4 Å². The van der Waals surface area contributed by atoms with Gasteiger partial charge in [-0.05, 0) is 54.6 Å². The van der Waals surface area contributed by atoms with Crippen LogP contribution in [0.1, 0.15) is 16.8 Å². The molecule has 0 aliphatic carbocycles. The van der Waals surface area contributed by atoms with Gasteiger partial charge in [-0.15, -0.1) is 0 Å². The monoisotopic (exact) mass is 441 g/mol.